The number of rotatable bonds is 6. The highest BCUT2D eigenvalue weighted by Crippen LogP contribution is 2.47. The van der Waals surface area contributed by atoms with Gasteiger partial charge in [-0.15, -0.1) is 0 Å². The summed E-state index contributed by atoms with van der Waals surface area (Å²) >= 11 is 3.55. The minimum absolute atomic E-state index is 0.00905. The summed E-state index contributed by atoms with van der Waals surface area (Å²) in [5.41, 5.74) is 4.89. The van der Waals surface area contributed by atoms with Gasteiger partial charge in [0.2, 0.25) is 0 Å². The summed E-state index contributed by atoms with van der Waals surface area (Å²) in [5.74, 6) is -0.794. The number of dihydropyridines is 1. The van der Waals surface area contributed by atoms with Gasteiger partial charge in [0.05, 0.1) is 27.8 Å². The lowest BCUT2D eigenvalue weighted by Crippen LogP contribution is -2.29. The Bertz CT molecular complexity index is 1540. The summed E-state index contributed by atoms with van der Waals surface area (Å²) in [6.07, 6.45) is 0. The van der Waals surface area contributed by atoms with Crippen molar-refractivity contribution in [2.45, 2.75) is 19.4 Å². The molecule has 1 heterocycles. The molecule has 2 aliphatic rings. The minimum atomic E-state index is -0.647. The maximum Gasteiger partial charge on any atom is 0.336 e. The Kier molecular flexibility index (Phi) is 6.39. The van der Waals surface area contributed by atoms with Crippen molar-refractivity contribution in [2.75, 3.05) is 7.11 Å². The van der Waals surface area contributed by atoms with Crippen LogP contribution in [0.4, 0.5) is 5.69 Å². The van der Waals surface area contributed by atoms with Gasteiger partial charge in [-0.05, 0) is 46.1 Å². The van der Waals surface area contributed by atoms with Crippen molar-refractivity contribution >= 4 is 39.1 Å². The van der Waals surface area contributed by atoms with Crippen LogP contribution in [0.1, 0.15) is 39.9 Å². The number of nitrogens with zero attached hydrogens (tertiary/aromatic N) is 1. The molecule has 0 saturated heterocycles. The van der Waals surface area contributed by atoms with Crippen LogP contribution in [0.15, 0.2) is 88.0 Å². The first-order chi connectivity index (χ1) is 17.8. The Labute approximate surface area is 220 Å². The summed E-state index contributed by atoms with van der Waals surface area (Å²) in [7, 11) is 1.32. The number of ether oxygens (including phenoxy) is 2. The van der Waals surface area contributed by atoms with E-state index in [9.17, 15) is 19.7 Å². The molecule has 186 valence electrons. The van der Waals surface area contributed by atoms with Crippen LogP contribution in [0.2, 0.25) is 0 Å². The van der Waals surface area contributed by atoms with Gasteiger partial charge < -0.3 is 14.8 Å². The average Bonchev–Trinajstić information content (AvgIpc) is 3.18. The highest BCUT2D eigenvalue weighted by Gasteiger charge is 2.42. The number of esters is 1. The molecule has 1 unspecified atom stereocenters. The lowest BCUT2D eigenvalue weighted by atomic mass is 9.80. The fourth-order valence-electron chi connectivity index (χ4n) is 4.78. The van der Waals surface area contributed by atoms with E-state index in [1.165, 1.54) is 19.2 Å². The number of methoxy groups -OCH3 is 1. The van der Waals surface area contributed by atoms with E-state index in [1.807, 2.05) is 24.3 Å². The van der Waals surface area contributed by atoms with Crippen molar-refractivity contribution in [3.8, 4) is 5.75 Å². The monoisotopic (exact) mass is 560 g/mol. The molecule has 0 aromatic heterocycles. The Morgan fingerprint density at radius 2 is 1.84 bits per heavy atom. The van der Waals surface area contributed by atoms with Gasteiger partial charge in [-0.25, -0.2) is 4.79 Å². The Balaban J connectivity index is 1.51. The lowest BCUT2D eigenvalue weighted by Gasteiger charge is -2.29. The first kappa shape index (κ1) is 24.5. The van der Waals surface area contributed by atoms with Gasteiger partial charge in [0.1, 0.15) is 12.4 Å². The van der Waals surface area contributed by atoms with Crippen LogP contribution < -0.4 is 10.1 Å². The highest BCUT2D eigenvalue weighted by atomic mass is 79.9. The van der Waals surface area contributed by atoms with Crippen LogP contribution in [-0.4, -0.2) is 23.8 Å². The Hall–Kier alpha value is -4.24. The predicted octanol–water partition coefficient (Wildman–Crippen LogP) is 5.68. The first-order valence-corrected chi connectivity index (χ1v) is 12.2. The number of allylic oxidation sites excluding steroid dienone is 2. The molecule has 0 amide bonds. The summed E-state index contributed by atoms with van der Waals surface area (Å²) in [6, 6.07) is 19.0. The number of fused-ring (bicyclic) bond motifs is 2. The Morgan fingerprint density at radius 1 is 1.08 bits per heavy atom. The quantitative estimate of drug-likeness (QED) is 0.235. The molecule has 0 radical (unpaired) electrons. The van der Waals surface area contributed by atoms with E-state index in [0.717, 1.165) is 5.56 Å². The third-order valence-electron chi connectivity index (χ3n) is 6.46. The van der Waals surface area contributed by atoms with Crippen molar-refractivity contribution < 1.29 is 24.0 Å². The summed E-state index contributed by atoms with van der Waals surface area (Å²) in [6.45, 7) is 1.92. The zero-order valence-corrected chi connectivity index (χ0v) is 21.5. The normalized spacial score (nSPS) is 16.2. The topological polar surface area (TPSA) is 108 Å². The van der Waals surface area contributed by atoms with Crippen molar-refractivity contribution in [3.63, 3.8) is 0 Å². The molecule has 1 aliphatic heterocycles. The van der Waals surface area contributed by atoms with Gasteiger partial charge in [-0.3, -0.25) is 14.9 Å². The molecule has 1 atom stereocenters. The van der Waals surface area contributed by atoms with Crippen LogP contribution in [0.5, 0.6) is 5.75 Å². The maximum atomic E-state index is 13.5. The number of ketones is 1. The molecule has 0 fully saturated rings. The molecular weight excluding hydrogens is 540 g/mol. The molecule has 9 heteroatoms. The molecule has 1 aliphatic carbocycles. The van der Waals surface area contributed by atoms with E-state index in [0.29, 0.717) is 49.5 Å². The summed E-state index contributed by atoms with van der Waals surface area (Å²) in [4.78, 5) is 37.0. The average molecular weight is 561 g/mol. The number of halogens is 1. The van der Waals surface area contributed by atoms with Gasteiger partial charge in [-0.2, -0.15) is 0 Å². The van der Waals surface area contributed by atoms with Crippen molar-refractivity contribution in [3.05, 3.63) is 120 Å². The summed E-state index contributed by atoms with van der Waals surface area (Å²) < 4.78 is 11.6. The minimum Gasteiger partial charge on any atom is -0.488 e. The number of nitrogens with one attached hydrogen (secondary N) is 1. The van der Waals surface area contributed by atoms with Crippen LogP contribution in [0.25, 0.3) is 5.70 Å². The van der Waals surface area contributed by atoms with E-state index in [2.05, 4.69) is 21.2 Å². The molecule has 3 aromatic carbocycles. The van der Waals surface area contributed by atoms with Gasteiger partial charge in [0.15, 0.2) is 5.78 Å². The van der Waals surface area contributed by atoms with Crippen LogP contribution in [0, 0.1) is 10.1 Å². The largest absolute Gasteiger partial charge is 0.488 e. The lowest BCUT2D eigenvalue weighted by molar-refractivity contribution is -0.384. The predicted molar refractivity (Wildman–Crippen MR) is 140 cm³/mol. The van der Waals surface area contributed by atoms with Crippen molar-refractivity contribution in [2.24, 2.45) is 0 Å². The number of nitro groups is 1. The molecule has 5 rings (SSSR count). The second-order valence-electron chi connectivity index (χ2n) is 8.66. The van der Waals surface area contributed by atoms with Crippen LogP contribution >= 0.6 is 15.9 Å². The molecule has 3 aromatic rings. The second-order valence-corrected chi connectivity index (χ2v) is 9.51. The number of Topliss-reactive ketones (excluding diaryl/α,β-unsaturated/α-hetero) is 1. The first-order valence-electron chi connectivity index (χ1n) is 11.4. The molecule has 0 bridgehead atoms. The van der Waals surface area contributed by atoms with E-state index in [-0.39, 0.29) is 18.1 Å². The zero-order chi connectivity index (χ0) is 26.3. The highest BCUT2D eigenvalue weighted by molar-refractivity contribution is 9.10. The number of hydrogen-bond donors (Lipinski definition) is 1. The number of hydrogen-bond acceptors (Lipinski definition) is 7. The standard InChI is InChI=1S/C28H21BrN2O6/c1-15-23(28(33)36-2)24(25-26(30-15)19-8-3-4-9-20(19)27(25)32)17-10-11-22(21(29)13-17)37-14-16-6-5-7-18(12-16)31(34)35/h3-13,24,30H,14H2,1-2H3. The third-order valence-corrected chi connectivity index (χ3v) is 7.08. The van der Waals surface area contributed by atoms with E-state index < -0.39 is 16.8 Å². The van der Waals surface area contributed by atoms with Gasteiger partial charge in [0.25, 0.3) is 5.69 Å². The van der Waals surface area contributed by atoms with Gasteiger partial charge in [0, 0.05) is 40.4 Å². The van der Waals surface area contributed by atoms with E-state index in [1.54, 1.807) is 37.3 Å². The van der Waals surface area contributed by atoms with Crippen molar-refractivity contribution in [1.29, 1.82) is 0 Å². The molecule has 8 nitrogen and oxygen atoms in total. The Morgan fingerprint density at radius 3 is 2.54 bits per heavy atom. The van der Waals surface area contributed by atoms with Crippen molar-refractivity contribution in [1.82, 2.24) is 5.32 Å². The molecule has 1 N–H and O–H groups in total. The summed E-state index contributed by atoms with van der Waals surface area (Å²) in [5, 5.41) is 14.3. The van der Waals surface area contributed by atoms with Gasteiger partial charge >= 0.3 is 5.97 Å². The van der Waals surface area contributed by atoms with E-state index >= 15 is 0 Å². The molecule has 0 saturated carbocycles. The number of non-ortho nitro benzene ring substituents is 1. The maximum absolute atomic E-state index is 13.5. The number of benzene rings is 3. The molecule has 37 heavy (non-hydrogen) atoms. The third kappa shape index (κ3) is 4.31. The van der Waals surface area contributed by atoms with Crippen LogP contribution in [0.3, 0.4) is 0 Å². The van der Waals surface area contributed by atoms with Gasteiger partial charge in [-0.1, -0.05) is 42.5 Å². The SMILES string of the molecule is COC(=O)C1=C(C)NC2=C(C(=O)c3ccccc32)C1c1ccc(OCc2cccc([N+](=O)[O-])c2)c(Br)c1. The second kappa shape index (κ2) is 9.67. The number of nitro benzene ring substituents is 1. The number of carbonyl (C=O) groups is 2. The molecule has 0 spiro atoms. The fourth-order valence-corrected chi connectivity index (χ4v) is 5.29. The molecular formula is C28H21BrN2O6. The smallest absolute Gasteiger partial charge is 0.336 e. The fraction of sp³-hybridized carbons (Fsp3) is 0.143. The zero-order valence-electron chi connectivity index (χ0n) is 19.9. The van der Waals surface area contributed by atoms with Crippen LogP contribution in [-0.2, 0) is 16.1 Å². The number of carbonyl (C=O) groups excluding carboxylic acids is 2. The van der Waals surface area contributed by atoms with E-state index in [4.69, 9.17) is 9.47 Å².